The lowest BCUT2D eigenvalue weighted by molar-refractivity contribution is -0.149. The molecule has 0 fully saturated rings. The third-order valence-corrected chi connectivity index (χ3v) is 9.37. The van der Waals surface area contributed by atoms with Crippen molar-refractivity contribution in [2.45, 2.75) is 84.8 Å². The van der Waals surface area contributed by atoms with Crippen molar-refractivity contribution in [3.05, 3.63) is 75.3 Å². The summed E-state index contributed by atoms with van der Waals surface area (Å²) in [6.45, 7) is 16.8. The van der Waals surface area contributed by atoms with Gasteiger partial charge in [-0.25, -0.2) is 13.4 Å². The Hall–Kier alpha value is -3.01. The van der Waals surface area contributed by atoms with Gasteiger partial charge in [-0.15, -0.1) is 0 Å². The highest BCUT2D eigenvalue weighted by Gasteiger charge is 2.46. The Morgan fingerprint density at radius 3 is 2.55 bits per heavy atom. The van der Waals surface area contributed by atoms with Crippen LogP contribution in [0.5, 0.6) is 0 Å². The molecule has 0 spiro atoms. The number of sulfonamides is 1. The smallest absolute Gasteiger partial charge is 0.258 e. The molecule has 2 aliphatic heterocycles. The molecule has 40 heavy (non-hydrogen) atoms. The molecule has 2 aliphatic rings. The molecule has 4 heterocycles. The second-order valence-electron chi connectivity index (χ2n) is 12.1. The van der Waals surface area contributed by atoms with E-state index in [1.807, 2.05) is 71.9 Å². The standard InChI is InChI=1S/C31H39N3O5S/c1-9-31(39-30(5,6)7)20(4)38-18-24-25(31)16-27-28-23(17-33(27)29(24)35)21(22-12-10-11-13-26(22)32-28)14-15-34(19(2)3)40(8,36)37/h10-13,16,19H,4,9,14-15,17-18H2,1-3,5-8H3/t31-/m1/s1. The Labute approximate surface area is 236 Å². The van der Waals surface area contributed by atoms with Gasteiger partial charge in [-0.3, -0.25) is 4.79 Å². The van der Waals surface area contributed by atoms with E-state index in [9.17, 15) is 13.2 Å². The zero-order valence-corrected chi connectivity index (χ0v) is 25.3. The van der Waals surface area contributed by atoms with Gasteiger partial charge < -0.3 is 14.0 Å². The summed E-state index contributed by atoms with van der Waals surface area (Å²) in [4.78, 5) is 19.1. The first-order chi connectivity index (χ1) is 18.7. The van der Waals surface area contributed by atoms with E-state index in [-0.39, 0.29) is 18.2 Å². The van der Waals surface area contributed by atoms with E-state index in [4.69, 9.17) is 14.5 Å². The van der Waals surface area contributed by atoms with Crippen LogP contribution in [0.25, 0.3) is 22.3 Å². The lowest BCUT2D eigenvalue weighted by Gasteiger charge is -2.43. The SMILES string of the molecule is C=C1OCc2c(cc3n(c2=O)Cc2c-3nc3ccccc3c2CCN(C(C)C)S(C)(=O)=O)[C@]1(CC)OC(C)(C)C. The third kappa shape index (κ3) is 4.67. The number of nitrogens with zero attached hydrogens (tertiary/aromatic N) is 3. The number of ether oxygens (including phenoxy) is 2. The van der Waals surface area contributed by atoms with E-state index in [2.05, 4.69) is 6.58 Å². The first kappa shape index (κ1) is 28.5. The van der Waals surface area contributed by atoms with Gasteiger partial charge in [0.1, 0.15) is 12.4 Å². The molecular weight excluding hydrogens is 526 g/mol. The molecular formula is C31H39N3O5S. The van der Waals surface area contributed by atoms with Crippen molar-refractivity contribution < 1.29 is 17.9 Å². The fourth-order valence-electron chi connectivity index (χ4n) is 6.24. The van der Waals surface area contributed by atoms with Gasteiger partial charge in [-0.05, 0) is 65.2 Å². The molecule has 214 valence electrons. The van der Waals surface area contributed by atoms with Gasteiger partial charge in [0.05, 0.1) is 40.9 Å². The summed E-state index contributed by atoms with van der Waals surface area (Å²) in [7, 11) is -3.38. The van der Waals surface area contributed by atoms with Gasteiger partial charge >= 0.3 is 0 Å². The zero-order valence-electron chi connectivity index (χ0n) is 24.5. The van der Waals surface area contributed by atoms with Crippen LogP contribution in [0.1, 0.15) is 70.2 Å². The van der Waals surface area contributed by atoms with Crippen LogP contribution in [0, 0.1) is 0 Å². The van der Waals surface area contributed by atoms with Crippen molar-refractivity contribution in [3.8, 4) is 11.4 Å². The fraction of sp³-hybridized carbons (Fsp3) is 0.484. The summed E-state index contributed by atoms with van der Waals surface area (Å²) in [6.07, 6.45) is 2.31. The van der Waals surface area contributed by atoms with Crippen molar-refractivity contribution >= 4 is 20.9 Å². The highest BCUT2D eigenvalue weighted by atomic mass is 32.2. The first-order valence-electron chi connectivity index (χ1n) is 13.8. The molecule has 0 saturated carbocycles. The van der Waals surface area contributed by atoms with Gasteiger partial charge in [0.25, 0.3) is 5.56 Å². The molecule has 1 atom stereocenters. The average molecular weight is 566 g/mol. The number of hydrogen-bond acceptors (Lipinski definition) is 6. The summed E-state index contributed by atoms with van der Waals surface area (Å²) >= 11 is 0. The highest BCUT2D eigenvalue weighted by Crippen LogP contribution is 2.46. The number of benzene rings is 1. The quantitative estimate of drug-likeness (QED) is 0.310. The van der Waals surface area contributed by atoms with Crippen LogP contribution < -0.4 is 5.56 Å². The fourth-order valence-corrected chi connectivity index (χ4v) is 7.43. The number of rotatable bonds is 7. The summed E-state index contributed by atoms with van der Waals surface area (Å²) in [5.74, 6) is 0.502. The number of para-hydroxylation sites is 1. The summed E-state index contributed by atoms with van der Waals surface area (Å²) in [5, 5.41) is 0.972. The number of aromatic nitrogens is 2. The minimum absolute atomic E-state index is 0.122. The lowest BCUT2D eigenvalue weighted by Crippen LogP contribution is -2.44. The van der Waals surface area contributed by atoms with Crippen LogP contribution in [0.15, 0.2) is 47.5 Å². The minimum atomic E-state index is -3.38. The van der Waals surface area contributed by atoms with Crippen LogP contribution in [-0.4, -0.2) is 46.7 Å². The Morgan fingerprint density at radius 1 is 1.23 bits per heavy atom. The molecule has 0 bridgehead atoms. The van der Waals surface area contributed by atoms with E-state index >= 15 is 0 Å². The van der Waals surface area contributed by atoms with Gasteiger partial charge in [0.2, 0.25) is 10.0 Å². The zero-order chi connectivity index (χ0) is 29.2. The van der Waals surface area contributed by atoms with Crippen molar-refractivity contribution in [2.24, 2.45) is 0 Å². The van der Waals surface area contributed by atoms with Crippen molar-refractivity contribution in [1.29, 1.82) is 0 Å². The second kappa shape index (κ2) is 9.82. The van der Waals surface area contributed by atoms with E-state index < -0.39 is 21.2 Å². The summed E-state index contributed by atoms with van der Waals surface area (Å²) < 4.78 is 40.9. The van der Waals surface area contributed by atoms with Crippen LogP contribution in [0.3, 0.4) is 0 Å². The normalized spacial score (nSPS) is 18.7. The second-order valence-corrected chi connectivity index (χ2v) is 14.0. The Kier molecular flexibility index (Phi) is 7.00. The van der Waals surface area contributed by atoms with Crippen LogP contribution in [0.2, 0.25) is 0 Å². The molecule has 1 aromatic carbocycles. The summed E-state index contributed by atoms with van der Waals surface area (Å²) in [5.41, 5.74) is 4.03. The van der Waals surface area contributed by atoms with Crippen molar-refractivity contribution in [1.82, 2.24) is 13.9 Å². The molecule has 2 aromatic heterocycles. The molecule has 0 saturated heterocycles. The van der Waals surface area contributed by atoms with E-state index in [1.165, 1.54) is 10.6 Å². The van der Waals surface area contributed by atoms with Crippen LogP contribution in [-0.2, 0) is 44.7 Å². The van der Waals surface area contributed by atoms with Crippen molar-refractivity contribution in [3.63, 3.8) is 0 Å². The predicted molar refractivity (Wildman–Crippen MR) is 158 cm³/mol. The number of pyridine rings is 2. The van der Waals surface area contributed by atoms with Crippen molar-refractivity contribution in [2.75, 3.05) is 12.8 Å². The minimum Gasteiger partial charge on any atom is -0.490 e. The average Bonchev–Trinajstić information content (AvgIpc) is 3.22. The maximum Gasteiger partial charge on any atom is 0.258 e. The molecule has 5 rings (SSSR count). The van der Waals surface area contributed by atoms with Crippen LogP contribution >= 0.6 is 0 Å². The Bertz CT molecular complexity index is 1680. The van der Waals surface area contributed by atoms with Gasteiger partial charge in [0.15, 0.2) is 5.60 Å². The molecule has 0 aliphatic carbocycles. The molecule has 9 heteroatoms. The maximum absolute atomic E-state index is 14.0. The van der Waals surface area contributed by atoms with E-state index in [0.717, 1.165) is 39.0 Å². The third-order valence-electron chi connectivity index (χ3n) is 7.91. The maximum atomic E-state index is 14.0. The predicted octanol–water partition coefficient (Wildman–Crippen LogP) is 5.10. The number of hydrogen-bond donors (Lipinski definition) is 0. The van der Waals surface area contributed by atoms with Gasteiger partial charge in [-0.1, -0.05) is 31.7 Å². The largest absolute Gasteiger partial charge is 0.490 e. The monoisotopic (exact) mass is 565 g/mol. The lowest BCUT2D eigenvalue weighted by atomic mass is 9.83. The number of fused-ring (bicyclic) bond motifs is 5. The van der Waals surface area contributed by atoms with Gasteiger partial charge in [-0.2, -0.15) is 4.31 Å². The molecule has 3 aromatic rings. The molecule has 0 N–H and O–H groups in total. The molecule has 0 radical (unpaired) electrons. The topological polar surface area (TPSA) is 90.7 Å². The molecule has 8 nitrogen and oxygen atoms in total. The first-order valence-corrected chi connectivity index (χ1v) is 15.7. The van der Waals surface area contributed by atoms with E-state index in [1.54, 1.807) is 4.57 Å². The molecule has 0 unspecified atom stereocenters. The molecule has 0 amide bonds. The van der Waals surface area contributed by atoms with Crippen LogP contribution in [0.4, 0.5) is 0 Å². The Morgan fingerprint density at radius 2 is 1.93 bits per heavy atom. The Balaban J connectivity index is 1.71. The van der Waals surface area contributed by atoms with Gasteiger partial charge in [0, 0.05) is 29.1 Å². The summed E-state index contributed by atoms with van der Waals surface area (Å²) in [6, 6.07) is 9.76. The van der Waals surface area contributed by atoms with E-state index in [0.29, 0.717) is 37.3 Å². The highest BCUT2D eigenvalue weighted by molar-refractivity contribution is 7.88.